The molecule has 0 bridgehead atoms. The summed E-state index contributed by atoms with van der Waals surface area (Å²) >= 11 is 0. The lowest BCUT2D eigenvalue weighted by Gasteiger charge is -2.07. The normalized spacial score (nSPS) is 9.76. The van der Waals surface area contributed by atoms with E-state index in [9.17, 15) is 4.79 Å². The first-order valence-corrected chi connectivity index (χ1v) is 5.44. The molecule has 0 saturated carbocycles. The number of methoxy groups -OCH3 is 1. The zero-order valence-electron chi connectivity index (χ0n) is 10.2. The van der Waals surface area contributed by atoms with E-state index < -0.39 is 6.09 Å². The minimum atomic E-state index is -0.406. The second-order valence-corrected chi connectivity index (χ2v) is 3.45. The lowest BCUT2D eigenvalue weighted by atomic mass is 10.2. The molecule has 0 aliphatic carbocycles. The molecule has 0 aromatic heterocycles. The number of rotatable bonds is 6. The fourth-order valence-electron chi connectivity index (χ4n) is 1.21. The van der Waals surface area contributed by atoms with Gasteiger partial charge in [0.2, 0.25) is 0 Å². The summed E-state index contributed by atoms with van der Waals surface area (Å²) in [5, 5.41) is 5.55. The molecule has 1 aromatic carbocycles. The second kappa shape index (κ2) is 7.51. The molecular formula is C12H18N2O3. The molecule has 0 unspecified atom stereocenters. The van der Waals surface area contributed by atoms with Crippen molar-refractivity contribution < 1.29 is 14.3 Å². The molecule has 1 rings (SSSR count). The summed E-state index contributed by atoms with van der Waals surface area (Å²) in [5.74, 6) is 0.784. The molecule has 2 N–H and O–H groups in total. The maximum Gasteiger partial charge on any atom is 0.407 e. The van der Waals surface area contributed by atoms with Gasteiger partial charge in [-0.3, -0.25) is 0 Å². The third-order valence-corrected chi connectivity index (χ3v) is 2.17. The summed E-state index contributed by atoms with van der Waals surface area (Å²) < 4.78 is 10.1. The molecule has 1 aromatic rings. The van der Waals surface area contributed by atoms with Crippen molar-refractivity contribution in [1.82, 2.24) is 10.6 Å². The van der Waals surface area contributed by atoms with Crippen LogP contribution in [0.2, 0.25) is 0 Å². The molecule has 0 atom stereocenters. The Morgan fingerprint density at radius 3 is 2.53 bits per heavy atom. The van der Waals surface area contributed by atoms with E-state index in [0.717, 1.165) is 17.9 Å². The first-order chi connectivity index (χ1) is 8.26. The van der Waals surface area contributed by atoms with Crippen LogP contribution in [-0.4, -0.2) is 33.3 Å². The van der Waals surface area contributed by atoms with E-state index in [4.69, 9.17) is 9.47 Å². The van der Waals surface area contributed by atoms with Gasteiger partial charge >= 0.3 is 6.09 Å². The van der Waals surface area contributed by atoms with Gasteiger partial charge in [0.1, 0.15) is 12.4 Å². The van der Waals surface area contributed by atoms with Crippen LogP contribution < -0.4 is 15.4 Å². The number of hydrogen-bond donors (Lipinski definition) is 2. The molecule has 0 aliphatic rings. The average molecular weight is 238 g/mol. The van der Waals surface area contributed by atoms with Crippen molar-refractivity contribution in [1.29, 1.82) is 0 Å². The van der Waals surface area contributed by atoms with Crippen LogP contribution in [-0.2, 0) is 11.3 Å². The van der Waals surface area contributed by atoms with E-state index in [1.54, 1.807) is 7.11 Å². The predicted octanol–water partition coefficient (Wildman–Crippen LogP) is 1.14. The van der Waals surface area contributed by atoms with Gasteiger partial charge in [-0.15, -0.1) is 0 Å². The topological polar surface area (TPSA) is 59.6 Å². The van der Waals surface area contributed by atoms with Crippen LogP contribution in [0.15, 0.2) is 24.3 Å². The van der Waals surface area contributed by atoms with Crippen LogP contribution >= 0.6 is 0 Å². The van der Waals surface area contributed by atoms with Gasteiger partial charge in [-0.05, 0) is 24.7 Å². The van der Waals surface area contributed by atoms with Crippen LogP contribution in [0, 0.1) is 0 Å². The highest BCUT2D eigenvalue weighted by Crippen LogP contribution is 2.11. The molecule has 94 valence electrons. The van der Waals surface area contributed by atoms with Gasteiger partial charge < -0.3 is 20.1 Å². The second-order valence-electron chi connectivity index (χ2n) is 3.45. The molecule has 0 spiro atoms. The first-order valence-electron chi connectivity index (χ1n) is 5.44. The Morgan fingerprint density at radius 2 is 1.94 bits per heavy atom. The summed E-state index contributed by atoms with van der Waals surface area (Å²) in [4.78, 5) is 11.2. The van der Waals surface area contributed by atoms with Gasteiger partial charge in [0.25, 0.3) is 0 Å². The predicted molar refractivity (Wildman–Crippen MR) is 65.1 cm³/mol. The zero-order chi connectivity index (χ0) is 12.5. The van der Waals surface area contributed by atoms with Crippen molar-refractivity contribution in [3.8, 4) is 5.75 Å². The molecular weight excluding hydrogens is 220 g/mol. The Hall–Kier alpha value is -1.75. The Bertz CT molecular complexity index is 338. The van der Waals surface area contributed by atoms with Crippen molar-refractivity contribution in [3.63, 3.8) is 0 Å². The first kappa shape index (κ1) is 13.3. The number of likely N-dealkylation sites (N-methyl/N-ethyl adjacent to an activating group) is 1. The molecule has 17 heavy (non-hydrogen) atoms. The van der Waals surface area contributed by atoms with Crippen molar-refractivity contribution in [3.05, 3.63) is 29.8 Å². The van der Waals surface area contributed by atoms with Crippen LogP contribution in [0.5, 0.6) is 5.75 Å². The zero-order valence-corrected chi connectivity index (χ0v) is 10.2. The molecule has 5 nitrogen and oxygen atoms in total. The van der Waals surface area contributed by atoms with Gasteiger partial charge in [0.15, 0.2) is 0 Å². The van der Waals surface area contributed by atoms with Crippen LogP contribution in [0.4, 0.5) is 4.79 Å². The molecule has 0 radical (unpaired) electrons. The number of carbonyl (C=O) groups excluding carboxylic acids is 1. The van der Waals surface area contributed by atoms with Gasteiger partial charge in [0.05, 0.1) is 7.11 Å². The number of ether oxygens (including phenoxy) is 2. The van der Waals surface area contributed by atoms with Crippen molar-refractivity contribution in [2.45, 2.75) is 6.61 Å². The maximum atomic E-state index is 11.2. The van der Waals surface area contributed by atoms with Gasteiger partial charge in [0, 0.05) is 13.1 Å². The maximum absolute atomic E-state index is 11.2. The molecule has 0 saturated heterocycles. The summed E-state index contributed by atoms with van der Waals surface area (Å²) in [5.41, 5.74) is 0.926. The highest BCUT2D eigenvalue weighted by Gasteiger charge is 2.01. The standard InChI is InChI=1S/C12H18N2O3/c1-13-7-8-14-12(15)17-9-10-3-5-11(16-2)6-4-10/h3-6,13H,7-9H2,1-2H3,(H,14,15). The Balaban J connectivity index is 2.27. The van der Waals surface area contributed by atoms with Gasteiger partial charge in [-0.2, -0.15) is 0 Å². The minimum absolute atomic E-state index is 0.259. The molecule has 0 fully saturated rings. The van der Waals surface area contributed by atoms with Crippen molar-refractivity contribution in [2.75, 3.05) is 27.2 Å². The van der Waals surface area contributed by atoms with E-state index in [1.807, 2.05) is 31.3 Å². The fraction of sp³-hybridized carbons (Fsp3) is 0.417. The highest BCUT2D eigenvalue weighted by atomic mass is 16.5. The van der Waals surface area contributed by atoms with Crippen LogP contribution in [0.1, 0.15) is 5.56 Å². The Kier molecular flexibility index (Phi) is 5.88. The summed E-state index contributed by atoms with van der Waals surface area (Å²) in [7, 11) is 3.44. The Morgan fingerprint density at radius 1 is 1.24 bits per heavy atom. The lowest BCUT2D eigenvalue weighted by Crippen LogP contribution is -2.30. The van der Waals surface area contributed by atoms with Gasteiger partial charge in [-0.1, -0.05) is 12.1 Å². The highest BCUT2D eigenvalue weighted by molar-refractivity contribution is 5.67. The minimum Gasteiger partial charge on any atom is -0.497 e. The van der Waals surface area contributed by atoms with Crippen molar-refractivity contribution in [2.24, 2.45) is 0 Å². The number of hydrogen-bond acceptors (Lipinski definition) is 4. The molecule has 0 aliphatic heterocycles. The van der Waals surface area contributed by atoms with Crippen LogP contribution in [0.3, 0.4) is 0 Å². The fourth-order valence-corrected chi connectivity index (χ4v) is 1.21. The monoisotopic (exact) mass is 238 g/mol. The number of amides is 1. The van der Waals surface area contributed by atoms with Crippen LogP contribution in [0.25, 0.3) is 0 Å². The summed E-state index contributed by atoms with van der Waals surface area (Å²) in [6.07, 6.45) is -0.406. The molecule has 5 heteroatoms. The third-order valence-electron chi connectivity index (χ3n) is 2.17. The lowest BCUT2D eigenvalue weighted by molar-refractivity contribution is 0.140. The smallest absolute Gasteiger partial charge is 0.407 e. The largest absolute Gasteiger partial charge is 0.497 e. The van der Waals surface area contributed by atoms with E-state index in [-0.39, 0.29) is 6.61 Å². The number of benzene rings is 1. The number of carbonyl (C=O) groups is 1. The van der Waals surface area contributed by atoms with E-state index in [0.29, 0.717) is 6.54 Å². The summed E-state index contributed by atoms with van der Waals surface area (Å²) in [6.45, 7) is 1.53. The molecule has 1 amide bonds. The van der Waals surface area contributed by atoms with E-state index in [2.05, 4.69) is 10.6 Å². The van der Waals surface area contributed by atoms with E-state index in [1.165, 1.54) is 0 Å². The Labute approximate surface area is 101 Å². The van der Waals surface area contributed by atoms with Gasteiger partial charge in [-0.25, -0.2) is 4.79 Å². The van der Waals surface area contributed by atoms with Crippen molar-refractivity contribution >= 4 is 6.09 Å². The number of nitrogens with one attached hydrogen (secondary N) is 2. The average Bonchev–Trinajstić information content (AvgIpc) is 2.37. The number of alkyl carbamates (subject to hydrolysis) is 1. The van der Waals surface area contributed by atoms with E-state index >= 15 is 0 Å². The molecule has 0 heterocycles. The SMILES string of the molecule is CNCCNC(=O)OCc1ccc(OC)cc1. The summed E-state index contributed by atoms with van der Waals surface area (Å²) in [6, 6.07) is 7.38. The quantitative estimate of drug-likeness (QED) is 0.730. The third kappa shape index (κ3) is 5.21.